The van der Waals surface area contributed by atoms with Crippen LogP contribution in [0.25, 0.3) is 11.3 Å². The summed E-state index contributed by atoms with van der Waals surface area (Å²) in [6.45, 7) is 4.13. The molecule has 3 aromatic rings. The molecule has 1 aromatic carbocycles. The van der Waals surface area contributed by atoms with Gasteiger partial charge in [0.1, 0.15) is 11.5 Å². The number of piperazine rings is 1. The van der Waals surface area contributed by atoms with Crippen molar-refractivity contribution in [2.75, 3.05) is 49.3 Å². The second-order valence-corrected chi connectivity index (χ2v) is 9.38. The van der Waals surface area contributed by atoms with Gasteiger partial charge in [-0.25, -0.2) is 9.37 Å². The Labute approximate surface area is 223 Å². The molecular weight excluding hydrogens is 522 g/mol. The molecule has 1 atom stereocenters. The number of pyridine rings is 2. The number of amides is 1. The number of aromatic nitrogens is 2. The number of alkyl halides is 3. The lowest BCUT2D eigenvalue weighted by atomic mass is 10.1. The van der Waals surface area contributed by atoms with E-state index in [0.717, 1.165) is 12.7 Å². The third-order valence-corrected chi connectivity index (χ3v) is 6.53. The van der Waals surface area contributed by atoms with Crippen molar-refractivity contribution in [1.82, 2.24) is 14.9 Å². The SMILES string of the molecule is CC1CN(c2ccc(-c3ncccc3F)cc2NC(=O)c2cnc(OCCS)cc2C(F)(F)F)CCN1C. The van der Waals surface area contributed by atoms with E-state index in [1.165, 1.54) is 24.4 Å². The maximum atomic E-state index is 14.5. The van der Waals surface area contributed by atoms with E-state index in [4.69, 9.17) is 4.74 Å². The van der Waals surface area contributed by atoms with E-state index in [0.29, 0.717) is 30.4 Å². The van der Waals surface area contributed by atoms with Gasteiger partial charge in [0.15, 0.2) is 0 Å². The number of hydrogen-bond acceptors (Lipinski definition) is 7. The van der Waals surface area contributed by atoms with Crippen molar-refractivity contribution >= 4 is 29.9 Å². The standard InChI is InChI=1S/C26H27F4N5O2S/c1-16-15-35(9-8-34(16)2)22-6-5-17(24-20(27)4-3-7-31-24)12-21(22)33-25(36)18-14-32-23(37-10-11-38)13-19(18)26(28,29)30/h3-7,12-14,16,38H,8-11,15H2,1-2H3,(H,33,36). The minimum atomic E-state index is -4.83. The minimum absolute atomic E-state index is 0.0582. The third-order valence-electron chi connectivity index (χ3n) is 6.35. The summed E-state index contributed by atoms with van der Waals surface area (Å²) >= 11 is 3.97. The molecule has 202 valence electrons. The van der Waals surface area contributed by atoms with Gasteiger partial charge in [0.2, 0.25) is 5.88 Å². The summed E-state index contributed by atoms with van der Waals surface area (Å²) in [5.41, 5.74) is -0.575. The van der Waals surface area contributed by atoms with Gasteiger partial charge in [-0.1, -0.05) is 6.07 Å². The number of thiol groups is 1. The highest BCUT2D eigenvalue weighted by Crippen LogP contribution is 2.36. The van der Waals surface area contributed by atoms with E-state index in [9.17, 15) is 22.4 Å². The molecule has 4 rings (SSSR count). The molecule has 0 spiro atoms. The zero-order valence-corrected chi connectivity index (χ0v) is 21.7. The Hall–Kier alpha value is -3.38. The maximum Gasteiger partial charge on any atom is 0.417 e. The van der Waals surface area contributed by atoms with Crippen LogP contribution in [0.5, 0.6) is 5.88 Å². The quantitative estimate of drug-likeness (QED) is 0.319. The lowest BCUT2D eigenvalue weighted by Crippen LogP contribution is -2.50. The molecule has 0 radical (unpaired) electrons. The normalized spacial score (nSPS) is 16.4. The predicted molar refractivity (Wildman–Crippen MR) is 140 cm³/mol. The van der Waals surface area contributed by atoms with Gasteiger partial charge in [0, 0.05) is 55.5 Å². The van der Waals surface area contributed by atoms with Gasteiger partial charge in [0.05, 0.1) is 29.1 Å². The summed E-state index contributed by atoms with van der Waals surface area (Å²) in [5.74, 6) is -1.55. The van der Waals surface area contributed by atoms with Crippen LogP contribution in [0, 0.1) is 5.82 Å². The molecule has 1 saturated heterocycles. The number of carbonyl (C=O) groups is 1. The fourth-order valence-electron chi connectivity index (χ4n) is 4.20. The number of rotatable bonds is 7. The minimum Gasteiger partial charge on any atom is -0.477 e. The predicted octanol–water partition coefficient (Wildman–Crippen LogP) is 5.00. The molecule has 2 aromatic heterocycles. The number of carbonyl (C=O) groups excluding carboxylic acids is 1. The Morgan fingerprint density at radius 3 is 2.68 bits per heavy atom. The number of hydrogen-bond donors (Lipinski definition) is 2. The zero-order valence-electron chi connectivity index (χ0n) is 20.8. The molecule has 1 amide bonds. The van der Waals surface area contributed by atoms with Crippen molar-refractivity contribution < 1.29 is 27.1 Å². The second-order valence-electron chi connectivity index (χ2n) is 8.93. The largest absolute Gasteiger partial charge is 0.477 e. The lowest BCUT2D eigenvalue weighted by molar-refractivity contribution is -0.138. The maximum absolute atomic E-state index is 14.5. The van der Waals surface area contributed by atoms with E-state index in [-0.39, 0.29) is 35.7 Å². The first-order valence-electron chi connectivity index (χ1n) is 11.9. The Kier molecular flexibility index (Phi) is 8.41. The summed E-state index contributed by atoms with van der Waals surface area (Å²) in [6, 6.07) is 8.52. The number of halogens is 4. The fraction of sp³-hybridized carbons (Fsp3) is 0.346. The first-order chi connectivity index (χ1) is 18.1. The van der Waals surface area contributed by atoms with Gasteiger partial charge in [-0.15, -0.1) is 0 Å². The van der Waals surface area contributed by atoms with Crippen molar-refractivity contribution in [2.24, 2.45) is 0 Å². The van der Waals surface area contributed by atoms with Gasteiger partial charge in [-0.2, -0.15) is 25.8 Å². The van der Waals surface area contributed by atoms with Crippen LogP contribution < -0.4 is 15.0 Å². The summed E-state index contributed by atoms with van der Waals surface area (Å²) in [6.07, 6.45) is -2.55. The van der Waals surface area contributed by atoms with Gasteiger partial charge >= 0.3 is 6.18 Å². The van der Waals surface area contributed by atoms with E-state index in [2.05, 4.69) is 39.7 Å². The summed E-state index contributed by atoms with van der Waals surface area (Å²) in [5, 5.41) is 2.62. The van der Waals surface area contributed by atoms with Crippen LogP contribution in [-0.4, -0.2) is 65.9 Å². The molecule has 38 heavy (non-hydrogen) atoms. The number of ether oxygens (including phenoxy) is 1. The number of anilines is 2. The van der Waals surface area contributed by atoms with Gasteiger partial charge in [-0.05, 0) is 38.2 Å². The Balaban J connectivity index is 1.74. The molecule has 0 saturated carbocycles. The van der Waals surface area contributed by atoms with Crippen molar-refractivity contribution in [1.29, 1.82) is 0 Å². The van der Waals surface area contributed by atoms with E-state index >= 15 is 0 Å². The van der Waals surface area contributed by atoms with Crippen LogP contribution in [-0.2, 0) is 6.18 Å². The summed E-state index contributed by atoms with van der Waals surface area (Å²) in [4.78, 5) is 25.4. The zero-order chi connectivity index (χ0) is 27.4. The van der Waals surface area contributed by atoms with Gasteiger partial charge in [0.25, 0.3) is 5.91 Å². The van der Waals surface area contributed by atoms with E-state index in [1.54, 1.807) is 12.1 Å². The van der Waals surface area contributed by atoms with Crippen molar-refractivity contribution in [3.63, 3.8) is 0 Å². The summed E-state index contributed by atoms with van der Waals surface area (Å²) < 4.78 is 61.3. The molecule has 0 aliphatic carbocycles. The van der Waals surface area contributed by atoms with Crippen LogP contribution in [0.3, 0.4) is 0 Å². The van der Waals surface area contributed by atoms with Gasteiger partial charge in [-0.3, -0.25) is 9.78 Å². The Morgan fingerprint density at radius 2 is 2.00 bits per heavy atom. The molecule has 1 fully saturated rings. The smallest absolute Gasteiger partial charge is 0.417 e. The molecule has 3 heterocycles. The molecule has 1 aliphatic rings. The third kappa shape index (κ3) is 6.18. The van der Waals surface area contributed by atoms with Crippen molar-refractivity contribution in [3.8, 4) is 17.1 Å². The molecule has 7 nitrogen and oxygen atoms in total. The van der Waals surface area contributed by atoms with Crippen LogP contribution in [0.4, 0.5) is 28.9 Å². The molecule has 12 heteroatoms. The Bertz CT molecular complexity index is 1310. The van der Waals surface area contributed by atoms with Crippen LogP contribution in [0.15, 0.2) is 48.8 Å². The molecule has 0 bridgehead atoms. The molecular formula is C26H27F4N5O2S. The first-order valence-corrected chi connectivity index (χ1v) is 12.5. The van der Waals surface area contributed by atoms with Gasteiger partial charge < -0.3 is 19.9 Å². The van der Waals surface area contributed by atoms with E-state index < -0.39 is 29.0 Å². The highest BCUT2D eigenvalue weighted by Gasteiger charge is 2.36. The monoisotopic (exact) mass is 549 g/mol. The van der Waals surface area contributed by atoms with Crippen molar-refractivity contribution in [2.45, 2.75) is 19.1 Å². The van der Waals surface area contributed by atoms with Crippen LogP contribution >= 0.6 is 12.6 Å². The number of likely N-dealkylation sites (N-methyl/N-ethyl adjacent to an activating group) is 1. The van der Waals surface area contributed by atoms with Crippen LogP contribution in [0.1, 0.15) is 22.8 Å². The van der Waals surface area contributed by atoms with E-state index in [1.807, 2.05) is 11.9 Å². The fourth-order valence-corrected chi connectivity index (χ4v) is 4.29. The number of nitrogens with one attached hydrogen (secondary N) is 1. The lowest BCUT2D eigenvalue weighted by Gasteiger charge is -2.39. The topological polar surface area (TPSA) is 70.6 Å². The summed E-state index contributed by atoms with van der Waals surface area (Å²) in [7, 11) is 2.01. The molecule has 1 unspecified atom stereocenters. The molecule has 1 N–H and O–H groups in total. The highest BCUT2D eigenvalue weighted by molar-refractivity contribution is 7.80. The molecule has 1 aliphatic heterocycles. The highest BCUT2D eigenvalue weighted by atomic mass is 32.1. The Morgan fingerprint density at radius 1 is 1.21 bits per heavy atom. The first kappa shape index (κ1) is 27.6. The van der Waals surface area contributed by atoms with Crippen molar-refractivity contribution in [3.05, 3.63) is 65.7 Å². The average Bonchev–Trinajstić information content (AvgIpc) is 2.88. The number of benzene rings is 1. The second kappa shape index (κ2) is 11.6. The number of nitrogens with zero attached hydrogens (tertiary/aromatic N) is 4. The average molecular weight is 550 g/mol. The van der Waals surface area contributed by atoms with Crippen LogP contribution in [0.2, 0.25) is 0 Å².